The predicted molar refractivity (Wildman–Crippen MR) is 192 cm³/mol. The van der Waals surface area contributed by atoms with Crippen molar-refractivity contribution in [3.63, 3.8) is 0 Å². The van der Waals surface area contributed by atoms with Crippen molar-refractivity contribution < 1.29 is 32.9 Å². The van der Waals surface area contributed by atoms with Gasteiger partial charge < -0.3 is 28.8 Å². The first kappa shape index (κ1) is 45.0. The molecule has 0 aromatic carbocycles. The van der Waals surface area contributed by atoms with Crippen LogP contribution in [0.2, 0.25) is 0 Å². The van der Waals surface area contributed by atoms with Gasteiger partial charge in [-0.2, -0.15) is 0 Å². The molecule has 46 heavy (non-hydrogen) atoms. The third kappa shape index (κ3) is 31.6. The molecule has 0 spiro atoms. The highest BCUT2D eigenvalue weighted by Crippen LogP contribution is 2.38. The zero-order valence-corrected chi connectivity index (χ0v) is 31.4. The van der Waals surface area contributed by atoms with Crippen LogP contribution >= 0.6 is 7.82 Å². The van der Waals surface area contributed by atoms with Gasteiger partial charge in [-0.25, -0.2) is 0 Å². The second-order valence-electron chi connectivity index (χ2n) is 13.9. The molecule has 0 aromatic rings. The Hall–Kier alpha value is -1.02. The summed E-state index contributed by atoms with van der Waals surface area (Å²) < 4.78 is 23.0. The van der Waals surface area contributed by atoms with E-state index in [1.807, 2.05) is 27.2 Å². The van der Waals surface area contributed by atoms with Gasteiger partial charge in [-0.1, -0.05) is 128 Å². The Kier molecular flexibility index (Phi) is 29.4. The molecule has 0 rings (SSSR count). The standard InChI is InChI=1S/C37H73N2O6P/c1-6-8-10-12-14-16-17-18-19-20-21-23-25-27-29-31-37(41)38-35(34-45-46(42,43)44-33-32-39(3,4)5)36(40)30-28-26-24-22-15-13-11-9-7-2/h18-19,28,30,35-36,40H,6-17,20-27,29,31-34H2,1-5H3,(H-,38,41,42,43)/b19-18+,30-28+/t35-,36+/m0/s1. The lowest BCUT2D eigenvalue weighted by Gasteiger charge is -2.29. The zero-order valence-electron chi connectivity index (χ0n) is 30.5. The molecule has 0 fully saturated rings. The van der Waals surface area contributed by atoms with Gasteiger partial charge in [-0.3, -0.25) is 9.36 Å². The van der Waals surface area contributed by atoms with Crippen LogP contribution in [0.4, 0.5) is 0 Å². The summed E-state index contributed by atoms with van der Waals surface area (Å²) in [5.74, 6) is -0.211. The molecule has 0 aliphatic carbocycles. The molecular weight excluding hydrogens is 599 g/mol. The maximum absolute atomic E-state index is 12.7. The number of allylic oxidation sites excluding steroid dienone is 3. The Balaban J connectivity index is 4.51. The van der Waals surface area contributed by atoms with E-state index in [1.165, 1.54) is 83.5 Å². The van der Waals surface area contributed by atoms with E-state index in [4.69, 9.17) is 9.05 Å². The first-order valence-electron chi connectivity index (χ1n) is 18.7. The van der Waals surface area contributed by atoms with Gasteiger partial charge in [-0.15, -0.1) is 0 Å². The van der Waals surface area contributed by atoms with Gasteiger partial charge in [0, 0.05) is 6.42 Å². The van der Waals surface area contributed by atoms with Crippen molar-refractivity contribution in [1.82, 2.24) is 5.32 Å². The fourth-order valence-corrected chi connectivity index (χ4v) is 5.81. The van der Waals surface area contributed by atoms with Crippen LogP contribution in [0.15, 0.2) is 24.3 Å². The second kappa shape index (κ2) is 30.1. The SMILES string of the molecule is CCCCCCCC/C=C/CCCCCCCC(=O)N[C@@H](COP(=O)([O-])OCC[N+](C)(C)C)[C@H](O)/C=C/CCCCCCCCC. The third-order valence-electron chi connectivity index (χ3n) is 8.16. The van der Waals surface area contributed by atoms with Gasteiger partial charge in [-0.05, 0) is 44.9 Å². The number of likely N-dealkylation sites (N-methyl/N-ethyl adjacent to an activating group) is 1. The minimum atomic E-state index is -4.57. The van der Waals surface area contributed by atoms with Crippen LogP contribution in [0.5, 0.6) is 0 Å². The summed E-state index contributed by atoms with van der Waals surface area (Å²) in [6, 6.07) is -0.884. The van der Waals surface area contributed by atoms with Crippen LogP contribution in [0.1, 0.15) is 155 Å². The number of hydrogen-bond donors (Lipinski definition) is 2. The lowest BCUT2D eigenvalue weighted by molar-refractivity contribution is -0.870. The number of nitrogens with zero attached hydrogens (tertiary/aromatic N) is 1. The summed E-state index contributed by atoms with van der Waals surface area (Å²) in [5.41, 5.74) is 0. The maximum Gasteiger partial charge on any atom is 0.268 e. The molecule has 0 bridgehead atoms. The summed E-state index contributed by atoms with van der Waals surface area (Å²) in [6.07, 6.45) is 32.2. The van der Waals surface area contributed by atoms with E-state index in [0.29, 0.717) is 17.4 Å². The topological polar surface area (TPSA) is 108 Å². The number of aliphatic hydroxyl groups is 1. The Bertz CT molecular complexity index is 814. The van der Waals surface area contributed by atoms with Crippen molar-refractivity contribution in [2.24, 2.45) is 0 Å². The van der Waals surface area contributed by atoms with E-state index in [-0.39, 0.29) is 19.1 Å². The number of carbonyl (C=O) groups is 1. The second-order valence-corrected chi connectivity index (χ2v) is 15.3. The maximum atomic E-state index is 12.7. The fraction of sp³-hybridized carbons (Fsp3) is 0.865. The summed E-state index contributed by atoms with van der Waals surface area (Å²) in [7, 11) is 1.25. The molecule has 3 atom stereocenters. The molecule has 0 aliphatic rings. The van der Waals surface area contributed by atoms with Gasteiger partial charge in [0.05, 0.1) is 39.9 Å². The highest BCUT2D eigenvalue weighted by atomic mass is 31.2. The quantitative estimate of drug-likeness (QED) is 0.0312. The van der Waals surface area contributed by atoms with Crippen molar-refractivity contribution >= 4 is 13.7 Å². The van der Waals surface area contributed by atoms with Crippen LogP contribution in [0.25, 0.3) is 0 Å². The lowest BCUT2D eigenvalue weighted by Crippen LogP contribution is -2.45. The minimum absolute atomic E-state index is 0.00230. The summed E-state index contributed by atoms with van der Waals surface area (Å²) >= 11 is 0. The van der Waals surface area contributed by atoms with E-state index >= 15 is 0 Å². The Morgan fingerprint density at radius 2 is 1.20 bits per heavy atom. The number of amides is 1. The number of quaternary nitrogens is 1. The van der Waals surface area contributed by atoms with E-state index in [0.717, 1.165) is 51.4 Å². The first-order valence-corrected chi connectivity index (χ1v) is 20.2. The van der Waals surface area contributed by atoms with Crippen molar-refractivity contribution in [3.8, 4) is 0 Å². The van der Waals surface area contributed by atoms with Crippen LogP contribution in [-0.4, -0.2) is 68.5 Å². The van der Waals surface area contributed by atoms with Crippen LogP contribution in [0, 0.1) is 0 Å². The van der Waals surface area contributed by atoms with E-state index in [9.17, 15) is 19.4 Å². The van der Waals surface area contributed by atoms with Crippen LogP contribution in [0.3, 0.4) is 0 Å². The Morgan fingerprint density at radius 3 is 1.70 bits per heavy atom. The monoisotopic (exact) mass is 673 g/mol. The minimum Gasteiger partial charge on any atom is -0.756 e. The molecule has 2 N–H and O–H groups in total. The molecule has 0 aliphatic heterocycles. The molecule has 272 valence electrons. The number of nitrogens with one attached hydrogen (secondary N) is 1. The first-order chi connectivity index (χ1) is 22.0. The van der Waals surface area contributed by atoms with E-state index < -0.39 is 20.0 Å². The number of unbranched alkanes of at least 4 members (excludes halogenated alkanes) is 18. The number of carbonyl (C=O) groups excluding carboxylic acids is 1. The average Bonchev–Trinajstić information content (AvgIpc) is 2.99. The molecule has 0 saturated carbocycles. The van der Waals surface area contributed by atoms with Gasteiger partial charge in [0.1, 0.15) is 13.2 Å². The molecule has 0 radical (unpaired) electrons. The van der Waals surface area contributed by atoms with Gasteiger partial charge >= 0.3 is 0 Å². The smallest absolute Gasteiger partial charge is 0.268 e. The van der Waals surface area contributed by atoms with Crippen LogP contribution < -0.4 is 10.2 Å². The molecule has 8 nitrogen and oxygen atoms in total. The predicted octanol–water partition coefficient (Wildman–Crippen LogP) is 8.77. The number of phosphoric acid groups is 1. The fourth-order valence-electron chi connectivity index (χ4n) is 5.09. The highest BCUT2D eigenvalue weighted by Gasteiger charge is 2.23. The third-order valence-corrected chi connectivity index (χ3v) is 9.12. The van der Waals surface area contributed by atoms with Crippen molar-refractivity contribution in [2.75, 3.05) is 40.9 Å². The van der Waals surface area contributed by atoms with Crippen molar-refractivity contribution in [3.05, 3.63) is 24.3 Å². The van der Waals surface area contributed by atoms with E-state index in [1.54, 1.807) is 6.08 Å². The molecule has 0 heterocycles. The van der Waals surface area contributed by atoms with Crippen molar-refractivity contribution in [1.29, 1.82) is 0 Å². The van der Waals surface area contributed by atoms with E-state index in [2.05, 4.69) is 31.3 Å². The number of phosphoric ester groups is 1. The number of rotatable bonds is 33. The molecule has 9 heteroatoms. The number of hydrogen-bond acceptors (Lipinski definition) is 6. The lowest BCUT2D eigenvalue weighted by atomic mass is 10.1. The van der Waals surface area contributed by atoms with Crippen LogP contribution in [-0.2, 0) is 18.4 Å². The van der Waals surface area contributed by atoms with Gasteiger partial charge in [0.25, 0.3) is 7.82 Å². The van der Waals surface area contributed by atoms with Gasteiger partial charge in [0.15, 0.2) is 0 Å². The normalized spacial score (nSPS) is 15.0. The molecular formula is C37H73N2O6P. The molecule has 0 saturated heterocycles. The molecule has 1 amide bonds. The van der Waals surface area contributed by atoms with Gasteiger partial charge in [0.2, 0.25) is 5.91 Å². The molecule has 1 unspecified atom stereocenters. The number of aliphatic hydroxyl groups excluding tert-OH is 1. The Morgan fingerprint density at radius 1 is 0.739 bits per heavy atom. The summed E-state index contributed by atoms with van der Waals surface area (Å²) in [4.78, 5) is 25.1. The Labute approximate surface area is 284 Å². The zero-order chi connectivity index (χ0) is 34.4. The summed E-state index contributed by atoms with van der Waals surface area (Å²) in [6.45, 7) is 4.58. The highest BCUT2D eigenvalue weighted by molar-refractivity contribution is 7.45. The molecule has 0 aromatic heterocycles. The largest absolute Gasteiger partial charge is 0.756 e. The summed E-state index contributed by atoms with van der Waals surface area (Å²) in [5, 5.41) is 13.6. The average molecular weight is 673 g/mol. The van der Waals surface area contributed by atoms with Crippen molar-refractivity contribution in [2.45, 2.75) is 167 Å².